The van der Waals surface area contributed by atoms with Crippen molar-refractivity contribution in [3.63, 3.8) is 0 Å². The van der Waals surface area contributed by atoms with Crippen LogP contribution in [0.1, 0.15) is 19.8 Å². The molecule has 0 radical (unpaired) electrons. The predicted octanol–water partition coefficient (Wildman–Crippen LogP) is 1.82. The van der Waals surface area contributed by atoms with Gasteiger partial charge < -0.3 is 20.2 Å². The summed E-state index contributed by atoms with van der Waals surface area (Å²) in [5.74, 6) is 0.137. The van der Waals surface area contributed by atoms with Crippen LogP contribution in [0.15, 0.2) is 23.0 Å². The molecule has 0 aliphatic carbocycles. The summed E-state index contributed by atoms with van der Waals surface area (Å²) in [5, 5.41) is 0.645. The maximum atomic E-state index is 11.9. The molecule has 0 saturated heterocycles. The van der Waals surface area contributed by atoms with Crippen molar-refractivity contribution in [2.45, 2.75) is 19.8 Å². The van der Waals surface area contributed by atoms with Crippen LogP contribution in [0.2, 0.25) is 0 Å². The molecule has 0 saturated carbocycles. The van der Waals surface area contributed by atoms with Crippen LogP contribution in [0, 0.1) is 0 Å². The second-order valence-electron chi connectivity index (χ2n) is 4.33. The summed E-state index contributed by atoms with van der Waals surface area (Å²) in [6.07, 6.45) is 1.79. The molecule has 0 atom stereocenters. The van der Waals surface area contributed by atoms with E-state index in [1.807, 2.05) is 6.92 Å². The van der Waals surface area contributed by atoms with Crippen LogP contribution in [0.25, 0.3) is 10.9 Å². The van der Waals surface area contributed by atoms with Crippen molar-refractivity contribution in [2.75, 3.05) is 12.3 Å². The highest BCUT2D eigenvalue weighted by Crippen LogP contribution is 2.32. The maximum Gasteiger partial charge on any atom is 0.298 e. The zero-order chi connectivity index (χ0) is 14.5. The van der Waals surface area contributed by atoms with Crippen molar-refractivity contribution >= 4 is 23.1 Å². The number of nitrogens with two attached hydrogens (primary N) is 1. The Balaban J connectivity index is 2.59. The second kappa shape index (κ2) is 6.10. The topological polar surface area (TPSA) is 94.4 Å². The van der Waals surface area contributed by atoms with Gasteiger partial charge in [-0.15, -0.1) is 0 Å². The molecular formula is C14H16N2O4. The SMILES string of the molecule is CCCCOc1c(OC=O)c(=O)[nH]c2cc(N)ccc12. The predicted molar refractivity (Wildman–Crippen MR) is 76.1 cm³/mol. The summed E-state index contributed by atoms with van der Waals surface area (Å²) >= 11 is 0. The number of nitrogen functional groups attached to an aromatic ring is 1. The lowest BCUT2D eigenvalue weighted by molar-refractivity contribution is -0.120. The first-order chi connectivity index (χ1) is 9.67. The second-order valence-corrected chi connectivity index (χ2v) is 4.33. The van der Waals surface area contributed by atoms with Crippen LogP contribution in [0.3, 0.4) is 0 Å². The number of aromatic amines is 1. The minimum absolute atomic E-state index is 0.131. The molecule has 3 N–H and O–H groups in total. The van der Waals surface area contributed by atoms with E-state index in [4.69, 9.17) is 15.2 Å². The Bertz CT molecular complexity index is 679. The molecule has 2 rings (SSSR count). The van der Waals surface area contributed by atoms with Crippen LogP contribution < -0.4 is 20.8 Å². The summed E-state index contributed by atoms with van der Waals surface area (Å²) in [4.78, 5) is 25.1. The van der Waals surface area contributed by atoms with Gasteiger partial charge in [0.15, 0.2) is 5.75 Å². The molecule has 0 bridgehead atoms. The van der Waals surface area contributed by atoms with E-state index < -0.39 is 5.56 Å². The summed E-state index contributed by atoms with van der Waals surface area (Å²) in [6.45, 7) is 2.68. The number of pyridine rings is 1. The van der Waals surface area contributed by atoms with Crippen molar-refractivity contribution in [1.82, 2.24) is 4.98 Å². The van der Waals surface area contributed by atoms with Crippen LogP contribution >= 0.6 is 0 Å². The van der Waals surface area contributed by atoms with Gasteiger partial charge in [0.1, 0.15) is 0 Å². The number of carbonyl (C=O) groups is 1. The number of carbonyl (C=O) groups excluding carboxylic acids is 1. The fraction of sp³-hybridized carbons (Fsp3) is 0.286. The van der Waals surface area contributed by atoms with Gasteiger partial charge in [0, 0.05) is 11.1 Å². The van der Waals surface area contributed by atoms with Crippen LogP contribution in [0.4, 0.5) is 5.69 Å². The van der Waals surface area contributed by atoms with Gasteiger partial charge >= 0.3 is 0 Å². The van der Waals surface area contributed by atoms with Crippen LogP contribution in [-0.4, -0.2) is 18.1 Å². The van der Waals surface area contributed by atoms with Crippen molar-refractivity contribution in [1.29, 1.82) is 0 Å². The molecule has 0 spiro atoms. The first-order valence-corrected chi connectivity index (χ1v) is 6.36. The van der Waals surface area contributed by atoms with Gasteiger partial charge in [-0.3, -0.25) is 9.59 Å². The van der Waals surface area contributed by atoms with Gasteiger partial charge in [0.2, 0.25) is 5.75 Å². The summed E-state index contributed by atoms with van der Waals surface area (Å²) in [5.41, 5.74) is 6.23. The third kappa shape index (κ3) is 2.74. The Morgan fingerprint density at radius 1 is 1.35 bits per heavy atom. The number of ether oxygens (including phenoxy) is 2. The standard InChI is InChI=1S/C14H16N2O4/c1-2-3-6-19-12-10-5-4-9(15)7-11(10)16-14(18)13(12)20-8-17/h4-5,7-8H,2-3,6,15H2,1H3,(H,16,18). The minimum atomic E-state index is -0.526. The average molecular weight is 276 g/mol. The van der Waals surface area contributed by atoms with E-state index in [0.717, 1.165) is 12.8 Å². The van der Waals surface area contributed by atoms with E-state index in [-0.39, 0.29) is 18.0 Å². The molecule has 6 nitrogen and oxygen atoms in total. The van der Waals surface area contributed by atoms with Crippen molar-refractivity contribution in [3.8, 4) is 11.5 Å². The molecule has 0 aliphatic heterocycles. The molecule has 106 valence electrons. The summed E-state index contributed by atoms with van der Waals surface area (Å²) in [6, 6.07) is 5.05. The van der Waals surface area contributed by atoms with E-state index >= 15 is 0 Å². The minimum Gasteiger partial charge on any atom is -0.489 e. The quantitative estimate of drug-likeness (QED) is 0.477. The van der Waals surface area contributed by atoms with Crippen molar-refractivity contribution in [3.05, 3.63) is 28.6 Å². The average Bonchev–Trinajstić information content (AvgIpc) is 2.42. The number of aromatic nitrogens is 1. The lowest BCUT2D eigenvalue weighted by atomic mass is 10.1. The molecule has 0 amide bonds. The number of unbranched alkanes of at least 4 members (excludes halogenated alkanes) is 1. The smallest absolute Gasteiger partial charge is 0.298 e. The number of rotatable bonds is 6. The Hall–Kier alpha value is -2.50. The molecule has 6 heteroatoms. The molecule has 2 aromatic rings. The van der Waals surface area contributed by atoms with E-state index in [0.29, 0.717) is 23.2 Å². The monoisotopic (exact) mass is 276 g/mol. The molecule has 0 fully saturated rings. The molecule has 1 aromatic carbocycles. The first-order valence-electron chi connectivity index (χ1n) is 6.36. The van der Waals surface area contributed by atoms with E-state index in [1.165, 1.54) is 0 Å². The zero-order valence-electron chi connectivity index (χ0n) is 11.1. The van der Waals surface area contributed by atoms with E-state index in [2.05, 4.69) is 4.98 Å². The fourth-order valence-corrected chi connectivity index (χ4v) is 1.88. The van der Waals surface area contributed by atoms with Crippen molar-refractivity contribution in [2.24, 2.45) is 0 Å². The normalized spacial score (nSPS) is 10.4. The Labute approximate surface area is 115 Å². The first kappa shape index (κ1) is 13.9. The molecule has 1 aromatic heterocycles. The number of H-pyrrole nitrogens is 1. The molecule has 0 aliphatic rings. The van der Waals surface area contributed by atoms with E-state index in [1.54, 1.807) is 18.2 Å². The van der Waals surface area contributed by atoms with Crippen LogP contribution in [-0.2, 0) is 4.79 Å². The number of nitrogens with one attached hydrogen (secondary N) is 1. The number of fused-ring (bicyclic) bond motifs is 1. The Morgan fingerprint density at radius 3 is 2.85 bits per heavy atom. The largest absolute Gasteiger partial charge is 0.489 e. The maximum absolute atomic E-state index is 11.9. The van der Waals surface area contributed by atoms with Gasteiger partial charge in [0.25, 0.3) is 12.0 Å². The highest BCUT2D eigenvalue weighted by molar-refractivity contribution is 5.89. The number of hydrogen-bond acceptors (Lipinski definition) is 5. The lowest BCUT2D eigenvalue weighted by Gasteiger charge is -2.12. The Morgan fingerprint density at radius 2 is 2.15 bits per heavy atom. The van der Waals surface area contributed by atoms with Gasteiger partial charge in [-0.2, -0.15) is 0 Å². The van der Waals surface area contributed by atoms with Gasteiger partial charge in [-0.05, 0) is 24.6 Å². The molecule has 20 heavy (non-hydrogen) atoms. The summed E-state index contributed by atoms with van der Waals surface area (Å²) < 4.78 is 10.4. The molecule has 0 unspecified atom stereocenters. The number of anilines is 1. The lowest BCUT2D eigenvalue weighted by Crippen LogP contribution is -2.13. The Kier molecular flexibility index (Phi) is 4.24. The van der Waals surface area contributed by atoms with Gasteiger partial charge in [0.05, 0.1) is 12.1 Å². The van der Waals surface area contributed by atoms with E-state index in [9.17, 15) is 9.59 Å². The molecular weight excluding hydrogens is 260 g/mol. The van der Waals surface area contributed by atoms with Gasteiger partial charge in [-0.25, -0.2) is 0 Å². The highest BCUT2D eigenvalue weighted by Gasteiger charge is 2.15. The number of hydrogen-bond donors (Lipinski definition) is 2. The summed E-state index contributed by atoms with van der Waals surface area (Å²) in [7, 11) is 0. The third-order valence-electron chi connectivity index (χ3n) is 2.86. The fourth-order valence-electron chi connectivity index (χ4n) is 1.88. The van der Waals surface area contributed by atoms with Gasteiger partial charge in [-0.1, -0.05) is 13.3 Å². The van der Waals surface area contributed by atoms with Crippen molar-refractivity contribution < 1.29 is 14.3 Å². The number of benzene rings is 1. The highest BCUT2D eigenvalue weighted by atomic mass is 16.5. The van der Waals surface area contributed by atoms with Crippen LogP contribution in [0.5, 0.6) is 11.5 Å². The zero-order valence-corrected chi connectivity index (χ0v) is 11.1. The third-order valence-corrected chi connectivity index (χ3v) is 2.86. The molecule has 1 heterocycles.